The van der Waals surface area contributed by atoms with Crippen molar-refractivity contribution in [3.05, 3.63) is 78.3 Å². The van der Waals surface area contributed by atoms with Crippen LogP contribution >= 0.6 is 0 Å². The summed E-state index contributed by atoms with van der Waals surface area (Å²) in [4.78, 5) is 24.0. The molecular formula is C27H29FN8. The van der Waals surface area contributed by atoms with Gasteiger partial charge in [-0.1, -0.05) is 12.1 Å². The van der Waals surface area contributed by atoms with E-state index in [9.17, 15) is 4.39 Å². The number of fused-ring (bicyclic) bond motifs is 2. The lowest BCUT2D eigenvalue weighted by molar-refractivity contribution is 0.188. The zero-order valence-electron chi connectivity index (χ0n) is 20.1. The minimum absolute atomic E-state index is 0.218. The molecule has 1 aromatic carbocycles. The molecule has 6 rings (SSSR count). The van der Waals surface area contributed by atoms with Crippen molar-refractivity contribution < 1.29 is 4.39 Å². The number of H-pyrrole nitrogens is 1. The second-order valence-electron chi connectivity index (χ2n) is 9.48. The zero-order valence-corrected chi connectivity index (χ0v) is 20.1. The first kappa shape index (κ1) is 22.6. The summed E-state index contributed by atoms with van der Waals surface area (Å²) >= 11 is 0. The number of imidazole rings is 2. The van der Waals surface area contributed by atoms with Gasteiger partial charge in [-0.05, 0) is 67.7 Å². The average Bonchev–Trinajstić information content (AvgIpc) is 3.47. The second-order valence-corrected chi connectivity index (χ2v) is 9.48. The maximum absolute atomic E-state index is 13.4. The van der Waals surface area contributed by atoms with Gasteiger partial charge in [0.25, 0.3) is 0 Å². The Morgan fingerprint density at radius 1 is 1.00 bits per heavy atom. The van der Waals surface area contributed by atoms with Gasteiger partial charge in [-0.3, -0.25) is 4.98 Å². The highest BCUT2D eigenvalue weighted by Gasteiger charge is 2.22. The fourth-order valence-electron chi connectivity index (χ4n) is 5.05. The Morgan fingerprint density at radius 2 is 1.86 bits per heavy atom. The molecule has 8 nitrogen and oxygen atoms in total. The van der Waals surface area contributed by atoms with Crippen molar-refractivity contribution >= 4 is 28.1 Å². The lowest BCUT2D eigenvalue weighted by Crippen LogP contribution is -2.37. The number of hydrogen-bond acceptors (Lipinski definition) is 6. The van der Waals surface area contributed by atoms with Crippen LogP contribution in [0, 0.1) is 11.7 Å². The minimum Gasteiger partial charge on any atom is -0.355 e. The molecule has 184 valence electrons. The standard InChI is InChI=1S/C27H29FN8/c28-21-5-3-20(4-6-21)18-36-25(32-23-2-1-10-30-26(23)36)16-19-8-13-35(14-9-19)15-12-31-27-33-22-7-11-29-17-24(22)34-27/h1-7,10-11,17,19H,8-9,12-16,18H2,(H2,31,33,34). The third-order valence-electron chi connectivity index (χ3n) is 7.02. The van der Waals surface area contributed by atoms with Crippen molar-refractivity contribution in [2.45, 2.75) is 25.8 Å². The van der Waals surface area contributed by atoms with Gasteiger partial charge < -0.3 is 19.8 Å². The number of rotatable bonds is 8. The predicted octanol–water partition coefficient (Wildman–Crippen LogP) is 4.26. The number of nitrogens with zero attached hydrogens (tertiary/aromatic N) is 6. The highest BCUT2D eigenvalue weighted by atomic mass is 19.1. The first-order valence-electron chi connectivity index (χ1n) is 12.5. The average molecular weight is 485 g/mol. The highest BCUT2D eigenvalue weighted by Crippen LogP contribution is 2.24. The van der Waals surface area contributed by atoms with E-state index in [4.69, 9.17) is 4.98 Å². The van der Waals surface area contributed by atoms with Crippen LogP contribution in [0.3, 0.4) is 0 Å². The van der Waals surface area contributed by atoms with Gasteiger partial charge in [0.05, 0.1) is 18.3 Å². The molecule has 1 saturated heterocycles. The molecule has 4 aromatic heterocycles. The van der Waals surface area contributed by atoms with Crippen molar-refractivity contribution in [2.24, 2.45) is 5.92 Å². The van der Waals surface area contributed by atoms with Crippen LogP contribution in [0.4, 0.5) is 10.3 Å². The summed E-state index contributed by atoms with van der Waals surface area (Å²) in [6, 6.07) is 12.6. The fourth-order valence-corrected chi connectivity index (χ4v) is 5.05. The summed E-state index contributed by atoms with van der Waals surface area (Å²) in [7, 11) is 0. The number of halogens is 1. The highest BCUT2D eigenvalue weighted by molar-refractivity contribution is 5.76. The van der Waals surface area contributed by atoms with Crippen LogP contribution in [0.2, 0.25) is 0 Å². The Balaban J connectivity index is 1.05. The van der Waals surface area contributed by atoms with Crippen molar-refractivity contribution in [3.8, 4) is 0 Å². The van der Waals surface area contributed by atoms with Crippen LogP contribution in [-0.2, 0) is 13.0 Å². The van der Waals surface area contributed by atoms with Gasteiger partial charge in [-0.2, -0.15) is 0 Å². The third kappa shape index (κ3) is 4.92. The molecule has 0 bridgehead atoms. The first-order chi connectivity index (χ1) is 17.7. The largest absolute Gasteiger partial charge is 0.355 e. The number of pyridine rings is 2. The first-order valence-corrected chi connectivity index (χ1v) is 12.5. The van der Waals surface area contributed by atoms with Crippen LogP contribution in [0.1, 0.15) is 24.2 Å². The van der Waals surface area contributed by atoms with E-state index in [1.54, 1.807) is 12.4 Å². The number of likely N-dealkylation sites (tertiary alicyclic amines) is 1. The number of benzene rings is 1. The van der Waals surface area contributed by atoms with E-state index in [0.29, 0.717) is 12.5 Å². The molecule has 0 amide bonds. The Kier molecular flexibility index (Phi) is 6.29. The predicted molar refractivity (Wildman–Crippen MR) is 138 cm³/mol. The zero-order chi connectivity index (χ0) is 24.3. The van der Waals surface area contributed by atoms with E-state index < -0.39 is 0 Å². The van der Waals surface area contributed by atoms with Crippen molar-refractivity contribution in [1.82, 2.24) is 34.4 Å². The smallest absolute Gasteiger partial charge is 0.201 e. The summed E-state index contributed by atoms with van der Waals surface area (Å²) in [6.45, 7) is 4.62. The molecule has 0 radical (unpaired) electrons. The van der Waals surface area contributed by atoms with Crippen molar-refractivity contribution in [2.75, 3.05) is 31.5 Å². The lowest BCUT2D eigenvalue weighted by atomic mass is 9.93. The van der Waals surface area contributed by atoms with Crippen molar-refractivity contribution in [1.29, 1.82) is 0 Å². The Labute approximate surface area is 208 Å². The van der Waals surface area contributed by atoms with E-state index in [-0.39, 0.29) is 5.82 Å². The van der Waals surface area contributed by atoms with Gasteiger partial charge >= 0.3 is 0 Å². The molecule has 0 saturated carbocycles. The molecule has 1 aliphatic heterocycles. The number of hydrogen-bond donors (Lipinski definition) is 2. The van der Waals surface area contributed by atoms with Crippen LogP contribution in [0.5, 0.6) is 0 Å². The molecule has 9 heteroatoms. The van der Waals surface area contributed by atoms with Gasteiger partial charge in [-0.25, -0.2) is 19.3 Å². The van der Waals surface area contributed by atoms with E-state index in [1.165, 1.54) is 12.1 Å². The fraction of sp³-hybridized carbons (Fsp3) is 0.333. The summed E-state index contributed by atoms with van der Waals surface area (Å²) in [5.74, 6) is 2.22. The van der Waals surface area contributed by atoms with E-state index in [1.807, 2.05) is 36.5 Å². The molecule has 1 aliphatic rings. The van der Waals surface area contributed by atoms with Crippen LogP contribution in [-0.4, -0.2) is 60.6 Å². The van der Waals surface area contributed by atoms with Crippen LogP contribution in [0.15, 0.2) is 61.1 Å². The lowest BCUT2D eigenvalue weighted by Gasteiger charge is -2.31. The second kappa shape index (κ2) is 10.0. The number of aromatic amines is 1. The maximum atomic E-state index is 13.4. The van der Waals surface area contributed by atoms with Gasteiger partial charge in [0.15, 0.2) is 5.65 Å². The summed E-state index contributed by atoms with van der Waals surface area (Å²) in [6.07, 6.45) is 8.56. The molecule has 0 aliphatic carbocycles. The molecule has 0 atom stereocenters. The topological polar surface area (TPSA) is 87.5 Å². The van der Waals surface area contributed by atoms with Crippen LogP contribution in [0.25, 0.3) is 22.2 Å². The molecule has 1 fully saturated rings. The van der Waals surface area contributed by atoms with E-state index >= 15 is 0 Å². The van der Waals surface area contributed by atoms with Gasteiger partial charge in [-0.15, -0.1) is 0 Å². The minimum atomic E-state index is -0.218. The van der Waals surface area contributed by atoms with Gasteiger partial charge in [0.2, 0.25) is 5.95 Å². The molecule has 5 heterocycles. The molecule has 0 spiro atoms. The number of aromatic nitrogens is 6. The molecule has 0 unspecified atom stereocenters. The Bertz CT molecular complexity index is 1420. The SMILES string of the molecule is Fc1ccc(Cn2c(CC3CCN(CCNc4nc5cnccc5[nH]4)CC3)nc3cccnc32)cc1. The molecule has 2 N–H and O–H groups in total. The summed E-state index contributed by atoms with van der Waals surface area (Å²) < 4.78 is 15.6. The van der Waals surface area contributed by atoms with Crippen molar-refractivity contribution in [3.63, 3.8) is 0 Å². The van der Waals surface area contributed by atoms with Gasteiger partial charge in [0.1, 0.15) is 22.7 Å². The summed E-state index contributed by atoms with van der Waals surface area (Å²) in [5, 5.41) is 3.40. The number of anilines is 1. The Hall–Kier alpha value is -3.85. The number of piperidine rings is 1. The summed E-state index contributed by atoms with van der Waals surface area (Å²) in [5.41, 5.74) is 4.72. The number of nitrogens with one attached hydrogen (secondary N) is 2. The quantitative estimate of drug-likeness (QED) is 0.342. The monoisotopic (exact) mass is 484 g/mol. The Morgan fingerprint density at radius 3 is 2.69 bits per heavy atom. The van der Waals surface area contributed by atoms with Gasteiger partial charge in [0, 0.05) is 31.9 Å². The van der Waals surface area contributed by atoms with E-state index in [0.717, 1.165) is 85.0 Å². The third-order valence-corrected chi connectivity index (χ3v) is 7.02. The maximum Gasteiger partial charge on any atom is 0.201 e. The molecule has 36 heavy (non-hydrogen) atoms. The van der Waals surface area contributed by atoms with E-state index in [2.05, 4.69) is 34.7 Å². The normalized spacial score (nSPS) is 15.1. The molecular weight excluding hydrogens is 455 g/mol. The van der Waals surface area contributed by atoms with Crippen LogP contribution < -0.4 is 5.32 Å². The molecule has 5 aromatic rings.